The lowest BCUT2D eigenvalue weighted by molar-refractivity contribution is 0.586. The van der Waals surface area contributed by atoms with Gasteiger partial charge in [0, 0.05) is 11.4 Å². The lowest BCUT2D eigenvalue weighted by Gasteiger charge is -2.25. The fourth-order valence-corrected chi connectivity index (χ4v) is 6.18. The van der Waals surface area contributed by atoms with Crippen LogP contribution in [0.2, 0.25) is 15.1 Å². The summed E-state index contributed by atoms with van der Waals surface area (Å²) >= 11 is 18.7. The van der Waals surface area contributed by atoms with Gasteiger partial charge in [-0.3, -0.25) is 5.01 Å². The number of anilines is 1. The van der Waals surface area contributed by atoms with Gasteiger partial charge in [-0.1, -0.05) is 71.2 Å². The van der Waals surface area contributed by atoms with Crippen molar-refractivity contribution in [1.29, 1.82) is 0 Å². The smallest absolute Gasteiger partial charge is 0.242 e. The molecule has 1 saturated carbocycles. The van der Waals surface area contributed by atoms with E-state index in [2.05, 4.69) is 29.0 Å². The van der Waals surface area contributed by atoms with Crippen LogP contribution in [0.1, 0.15) is 42.3 Å². The van der Waals surface area contributed by atoms with Gasteiger partial charge in [0.1, 0.15) is 4.90 Å². The van der Waals surface area contributed by atoms with Crippen LogP contribution in [0, 0.1) is 0 Å². The Balaban J connectivity index is 1.42. The third kappa shape index (κ3) is 4.97. The highest BCUT2D eigenvalue weighted by Crippen LogP contribution is 2.42. The minimum Gasteiger partial charge on any atom is -0.256 e. The van der Waals surface area contributed by atoms with Crippen LogP contribution < -0.4 is 9.73 Å². The van der Waals surface area contributed by atoms with E-state index in [0.717, 1.165) is 5.56 Å². The first-order valence-electron chi connectivity index (χ1n) is 11.0. The summed E-state index contributed by atoms with van der Waals surface area (Å²) in [6, 6.07) is 20.1. The molecule has 3 aromatic rings. The first-order chi connectivity index (χ1) is 16.3. The molecule has 1 fully saturated rings. The van der Waals surface area contributed by atoms with Gasteiger partial charge < -0.3 is 0 Å². The van der Waals surface area contributed by atoms with Crippen molar-refractivity contribution in [2.24, 2.45) is 5.10 Å². The van der Waals surface area contributed by atoms with Crippen LogP contribution in [0.25, 0.3) is 0 Å². The SMILES string of the molecule is O=S(=O)(NCC1=NN(c2ccc(Cl)cc2Cl)C(c2ccc(C3CC3)cc2)C1)c1ccccc1Cl. The number of rotatable bonds is 7. The summed E-state index contributed by atoms with van der Waals surface area (Å²) in [5.41, 5.74) is 3.85. The van der Waals surface area contributed by atoms with Crippen molar-refractivity contribution in [1.82, 2.24) is 4.72 Å². The topological polar surface area (TPSA) is 61.8 Å². The zero-order valence-electron chi connectivity index (χ0n) is 18.1. The second-order valence-electron chi connectivity index (χ2n) is 8.52. The summed E-state index contributed by atoms with van der Waals surface area (Å²) in [6.45, 7) is 0.0614. The zero-order chi connectivity index (χ0) is 23.9. The van der Waals surface area contributed by atoms with E-state index in [4.69, 9.17) is 39.9 Å². The maximum atomic E-state index is 12.8. The molecule has 1 N–H and O–H groups in total. The molecule has 176 valence electrons. The van der Waals surface area contributed by atoms with E-state index >= 15 is 0 Å². The Morgan fingerprint density at radius 2 is 1.62 bits per heavy atom. The van der Waals surface area contributed by atoms with Crippen LogP contribution in [0.5, 0.6) is 0 Å². The summed E-state index contributed by atoms with van der Waals surface area (Å²) < 4.78 is 28.3. The number of hydrazone groups is 1. The molecule has 0 spiro atoms. The van der Waals surface area contributed by atoms with Crippen molar-refractivity contribution in [3.05, 3.63) is 92.9 Å². The fraction of sp³-hybridized carbons (Fsp3) is 0.240. The summed E-state index contributed by atoms with van der Waals surface area (Å²) in [4.78, 5) is 0.0417. The number of sulfonamides is 1. The van der Waals surface area contributed by atoms with Gasteiger partial charge in [0.2, 0.25) is 10.0 Å². The molecular weight excluding hydrogens is 513 g/mol. The number of hydrogen-bond acceptors (Lipinski definition) is 4. The van der Waals surface area contributed by atoms with E-state index in [0.29, 0.717) is 33.8 Å². The maximum Gasteiger partial charge on any atom is 0.242 e. The monoisotopic (exact) mass is 533 g/mol. The van der Waals surface area contributed by atoms with Crippen molar-refractivity contribution in [2.75, 3.05) is 11.6 Å². The van der Waals surface area contributed by atoms with Crippen molar-refractivity contribution in [2.45, 2.75) is 36.1 Å². The van der Waals surface area contributed by atoms with E-state index in [1.807, 2.05) is 11.1 Å². The van der Waals surface area contributed by atoms with Gasteiger partial charge in [0.05, 0.1) is 34.0 Å². The molecule has 0 bridgehead atoms. The average molecular weight is 535 g/mol. The maximum absolute atomic E-state index is 12.8. The van der Waals surface area contributed by atoms with Gasteiger partial charge in [0.25, 0.3) is 0 Å². The van der Waals surface area contributed by atoms with Gasteiger partial charge in [0.15, 0.2) is 0 Å². The third-order valence-corrected chi connectivity index (χ3v) is 8.53. The normalized spacial score (nSPS) is 18.3. The summed E-state index contributed by atoms with van der Waals surface area (Å²) in [7, 11) is -3.79. The number of halogens is 3. The van der Waals surface area contributed by atoms with Crippen LogP contribution in [-0.4, -0.2) is 20.7 Å². The number of hydrogen-bond donors (Lipinski definition) is 1. The average Bonchev–Trinajstić information content (AvgIpc) is 3.58. The van der Waals surface area contributed by atoms with Crippen molar-refractivity contribution in [3.8, 4) is 0 Å². The number of benzene rings is 3. The molecule has 9 heteroatoms. The van der Waals surface area contributed by atoms with Crippen molar-refractivity contribution in [3.63, 3.8) is 0 Å². The number of nitrogens with one attached hydrogen (secondary N) is 1. The zero-order valence-corrected chi connectivity index (χ0v) is 21.2. The summed E-state index contributed by atoms with van der Waals surface area (Å²) in [5, 5.41) is 7.80. The minimum absolute atomic E-state index is 0.0417. The predicted octanol–water partition coefficient (Wildman–Crippen LogP) is 6.81. The Morgan fingerprint density at radius 3 is 2.29 bits per heavy atom. The minimum atomic E-state index is -3.79. The molecule has 1 heterocycles. The Labute approximate surface area is 214 Å². The molecule has 1 unspecified atom stereocenters. The molecule has 0 amide bonds. The second-order valence-corrected chi connectivity index (χ2v) is 11.5. The molecule has 5 nitrogen and oxygen atoms in total. The molecule has 34 heavy (non-hydrogen) atoms. The van der Waals surface area contributed by atoms with Gasteiger partial charge in [-0.15, -0.1) is 0 Å². The molecule has 1 aliphatic heterocycles. The van der Waals surface area contributed by atoms with Crippen LogP contribution in [0.3, 0.4) is 0 Å². The standard InChI is InChI=1S/C25H22Cl3N3O2S/c26-19-11-12-23(22(28)13-19)31-24(18-9-7-17(8-10-18)16-5-6-16)14-20(30-31)15-29-34(32,33)25-4-2-1-3-21(25)27/h1-4,7-13,16,24,29H,5-6,14-15H2. The van der Waals surface area contributed by atoms with Crippen LogP contribution in [0.4, 0.5) is 5.69 Å². The lowest BCUT2D eigenvalue weighted by Crippen LogP contribution is -2.29. The molecule has 3 aromatic carbocycles. The van der Waals surface area contributed by atoms with Gasteiger partial charge in [-0.2, -0.15) is 5.10 Å². The number of nitrogens with zero attached hydrogens (tertiary/aromatic N) is 2. The van der Waals surface area contributed by atoms with Crippen LogP contribution in [-0.2, 0) is 10.0 Å². The van der Waals surface area contributed by atoms with E-state index in [9.17, 15) is 8.42 Å². The predicted molar refractivity (Wildman–Crippen MR) is 139 cm³/mol. The van der Waals surface area contributed by atoms with Gasteiger partial charge >= 0.3 is 0 Å². The Hall–Kier alpha value is -2.09. The van der Waals surface area contributed by atoms with E-state index in [1.165, 1.54) is 24.5 Å². The van der Waals surface area contributed by atoms with Gasteiger partial charge in [-0.05, 0) is 60.2 Å². The molecule has 0 aromatic heterocycles. The Bertz CT molecular complexity index is 1360. The highest BCUT2D eigenvalue weighted by molar-refractivity contribution is 7.89. The van der Waals surface area contributed by atoms with E-state index < -0.39 is 10.0 Å². The summed E-state index contributed by atoms with van der Waals surface area (Å²) in [6.07, 6.45) is 3.04. The Kier molecular flexibility index (Phi) is 6.62. The molecule has 2 aliphatic rings. The molecular formula is C25H22Cl3N3O2S. The Morgan fingerprint density at radius 1 is 0.912 bits per heavy atom. The molecule has 0 saturated heterocycles. The molecule has 1 atom stereocenters. The summed E-state index contributed by atoms with van der Waals surface area (Å²) in [5.74, 6) is 0.672. The third-order valence-electron chi connectivity index (χ3n) is 6.09. The second kappa shape index (κ2) is 9.51. The molecule has 1 aliphatic carbocycles. The molecule has 0 radical (unpaired) electrons. The van der Waals surface area contributed by atoms with Crippen molar-refractivity contribution >= 4 is 56.2 Å². The van der Waals surface area contributed by atoms with Gasteiger partial charge in [-0.25, -0.2) is 13.1 Å². The van der Waals surface area contributed by atoms with Crippen LogP contribution in [0.15, 0.2) is 76.7 Å². The largest absolute Gasteiger partial charge is 0.256 e. The molecule has 5 rings (SSSR count). The fourth-order valence-electron chi connectivity index (χ4n) is 4.15. The quantitative estimate of drug-likeness (QED) is 0.362. The van der Waals surface area contributed by atoms with Crippen LogP contribution >= 0.6 is 34.8 Å². The van der Waals surface area contributed by atoms with E-state index in [1.54, 1.807) is 30.3 Å². The van der Waals surface area contributed by atoms with E-state index in [-0.39, 0.29) is 22.5 Å². The first-order valence-corrected chi connectivity index (χ1v) is 13.6. The van der Waals surface area contributed by atoms with Crippen molar-refractivity contribution < 1.29 is 8.42 Å². The highest BCUT2D eigenvalue weighted by atomic mass is 35.5. The first kappa shape index (κ1) is 23.6. The highest BCUT2D eigenvalue weighted by Gasteiger charge is 2.32. The lowest BCUT2D eigenvalue weighted by atomic mass is 9.99.